The molecule has 1 fully saturated rings. The maximum absolute atomic E-state index is 12.5. The summed E-state index contributed by atoms with van der Waals surface area (Å²) >= 11 is 0. The molecule has 1 atom stereocenters. The Morgan fingerprint density at radius 2 is 1.68 bits per heavy atom. The van der Waals surface area contributed by atoms with E-state index in [1.165, 1.54) is 0 Å². The SMILES string of the molecule is COc1ccc(C(CNC(=O)NCc2ccc(OC)c(OC)c2)N2CCOCC2)cc1. The molecule has 1 unspecified atom stereocenters. The van der Waals surface area contributed by atoms with Crippen LogP contribution in [0.2, 0.25) is 0 Å². The monoisotopic (exact) mass is 429 g/mol. The molecular weight excluding hydrogens is 398 g/mol. The van der Waals surface area contributed by atoms with E-state index in [1.807, 2.05) is 42.5 Å². The predicted octanol–water partition coefficient (Wildman–Crippen LogP) is 2.59. The third-order valence-corrected chi connectivity index (χ3v) is 5.34. The van der Waals surface area contributed by atoms with Crippen molar-refractivity contribution in [1.82, 2.24) is 15.5 Å². The summed E-state index contributed by atoms with van der Waals surface area (Å²) < 4.78 is 21.3. The van der Waals surface area contributed by atoms with E-state index in [4.69, 9.17) is 18.9 Å². The molecule has 0 spiro atoms. The molecule has 0 aliphatic carbocycles. The highest BCUT2D eigenvalue weighted by atomic mass is 16.5. The number of rotatable bonds is 9. The summed E-state index contributed by atoms with van der Waals surface area (Å²) in [6.07, 6.45) is 0. The van der Waals surface area contributed by atoms with Crippen LogP contribution in [0.4, 0.5) is 4.79 Å². The maximum Gasteiger partial charge on any atom is 0.315 e. The highest BCUT2D eigenvalue weighted by Crippen LogP contribution is 2.27. The van der Waals surface area contributed by atoms with Gasteiger partial charge in [0.25, 0.3) is 0 Å². The first-order valence-corrected chi connectivity index (χ1v) is 10.3. The van der Waals surface area contributed by atoms with Gasteiger partial charge in [-0.05, 0) is 35.4 Å². The highest BCUT2D eigenvalue weighted by Gasteiger charge is 2.23. The van der Waals surface area contributed by atoms with Gasteiger partial charge in [0.1, 0.15) is 5.75 Å². The second-order valence-corrected chi connectivity index (χ2v) is 7.19. The van der Waals surface area contributed by atoms with Gasteiger partial charge in [0, 0.05) is 26.2 Å². The van der Waals surface area contributed by atoms with E-state index in [0.717, 1.165) is 30.0 Å². The minimum Gasteiger partial charge on any atom is -0.497 e. The molecule has 1 heterocycles. The normalized spacial score (nSPS) is 15.1. The van der Waals surface area contributed by atoms with Gasteiger partial charge in [-0.25, -0.2) is 4.79 Å². The topological polar surface area (TPSA) is 81.3 Å². The average Bonchev–Trinajstić information content (AvgIpc) is 2.83. The zero-order valence-electron chi connectivity index (χ0n) is 18.3. The van der Waals surface area contributed by atoms with Gasteiger partial charge in [-0.3, -0.25) is 4.90 Å². The van der Waals surface area contributed by atoms with Crippen LogP contribution in [-0.4, -0.2) is 65.1 Å². The van der Waals surface area contributed by atoms with Crippen LogP contribution in [0.5, 0.6) is 17.2 Å². The average molecular weight is 430 g/mol. The number of hydrogen-bond donors (Lipinski definition) is 2. The van der Waals surface area contributed by atoms with Gasteiger partial charge < -0.3 is 29.6 Å². The second-order valence-electron chi connectivity index (χ2n) is 7.19. The molecule has 0 bridgehead atoms. The van der Waals surface area contributed by atoms with E-state index in [1.54, 1.807) is 21.3 Å². The number of hydrogen-bond acceptors (Lipinski definition) is 6. The van der Waals surface area contributed by atoms with E-state index in [2.05, 4.69) is 15.5 Å². The van der Waals surface area contributed by atoms with E-state index in [-0.39, 0.29) is 12.1 Å². The molecule has 31 heavy (non-hydrogen) atoms. The van der Waals surface area contributed by atoms with Crippen LogP contribution in [0.25, 0.3) is 0 Å². The number of benzene rings is 2. The van der Waals surface area contributed by atoms with Crippen molar-refractivity contribution in [2.45, 2.75) is 12.6 Å². The summed E-state index contributed by atoms with van der Waals surface area (Å²) in [5.74, 6) is 2.10. The molecule has 1 aliphatic rings. The summed E-state index contributed by atoms with van der Waals surface area (Å²) in [5, 5.41) is 5.91. The number of nitrogens with zero attached hydrogens (tertiary/aromatic N) is 1. The molecule has 2 aromatic rings. The smallest absolute Gasteiger partial charge is 0.315 e. The maximum atomic E-state index is 12.5. The predicted molar refractivity (Wildman–Crippen MR) is 118 cm³/mol. The quantitative estimate of drug-likeness (QED) is 0.638. The van der Waals surface area contributed by atoms with E-state index in [0.29, 0.717) is 37.8 Å². The zero-order chi connectivity index (χ0) is 22.1. The third kappa shape index (κ3) is 6.26. The first kappa shape index (κ1) is 22.7. The van der Waals surface area contributed by atoms with Crippen molar-refractivity contribution >= 4 is 6.03 Å². The molecule has 1 aliphatic heterocycles. The Kier molecular flexibility index (Phi) is 8.37. The van der Waals surface area contributed by atoms with Crippen LogP contribution in [0.3, 0.4) is 0 Å². The lowest BCUT2D eigenvalue weighted by Gasteiger charge is -2.35. The number of morpholine rings is 1. The number of carbonyl (C=O) groups is 1. The Balaban J connectivity index is 1.59. The van der Waals surface area contributed by atoms with Crippen LogP contribution < -0.4 is 24.8 Å². The zero-order valence-corrected chi connectivity index (χ0v) is 18.3. The molecule has 2 N–H and O–H groups in total. The summed E-state index contributed by atoms with van der Waals surface area (Å²) in [4.78, 5) is 14.8. The number of carbonyl (C=O) groups excluding carboxylic acids is 1. The van der Waals surface area contributed by atoms with Crippen LogP contribution in [-0.2, 0) is 11.3 Å². The Morgan fingerprint density at radius 3 is 2.32 bits per heavy atom. The fourth-order valence-electron chi connectivity index (χ4n) is 3.60. The first-order valence-electron chi connectivity index (χ1n) is 10.3. The van der Waals surface area contributed by atoms with Gasteiger partial charge in [0.05, 0.1) is 40.6 Å². The Labute approximate surface area is 183 Å². The molecule has 2 amide bonds. The van der Waals surface area contributed by atoms with Crippen molar-refractivity contribution in [2.75, 3.05) is 54.2 Å². The van der Waals surface area contributed by atoms with Gasteiger partial charge in [0.2, 0.25) is 0 Å². The Morgan fingerprint density at radius 1 is 0.968 bits per heavy atom. The standard InChI is InChI=1S/C23H31N3O5/c1-28-19-7-5-18(6-8-19)20(26-10-12-31-13-11-26)16-25-23(27)24-15-17-4-9-21(29-2)22(14-17)30-3/h4-9,14,20H,10-13,15-16H2,1-3H3,(H2,24,25,27). The molecular formula is C23H31N3O5. The van der Waals surface area contributed by atoms with Crippen molar-refractivity contribution in [3.05, 3.63) is 53.6 Å². The Bertz CT molecular complexity index is 838. The second kappa shape index (κ2) is 11.4. The van der Waals surface area contributed by atoms with E-state index < -0.39 is 0 Å². The lowest BCUT2D eigenvalue weighted by atomic mass is 10.0. The largest absolute Gasteiger partial charge is 0.497 e. The van der Waals surface area contributed by atoms with Gasteiger partial charge in [-0.1, -0.05) is 18.2 Å². The lowest BCUT2D eigenvalue weighted by molar-refractivity contribution is 0.0167. The van der Waals surface area contributed by atoms with Crippen LogP contribution in [0, 0.1) is 0 Å². The fourth-order valence-corrected chi connectivity index (χ4v) is 3.60. The summed E-state index contributed by atoms with van der Waals surface area (Å²) in [6.45, 7) is 3.91. The van der Waals surface area contributed by atoms with Crippen molar-refractivity contribution in [1.29, 1.82) is 0 Å². The fraction of sp³-hybridized carbons (Fsp3) is 0.435. The van der Waals surface area contributed by atoms with E-state index in [9.17, 15) is 4.79 Å². The van der Waals surface area contributed by atoms with Gasteiger partial charge in [0.15, 0.2) is 11.5 Å². The van der Waals surface area contributed by atoms with Gasteiger partial charge >= 0.3 is 6.03 Å². The van der Waals surface area contributed by atoms with Crippen molar-refractivity contribution < 1.29 is 23.7 Å². The Hall–Kier alpha value is -2.97. The number of ether oxygens (including phenoxy) is 4. The van der Waals surface area contributed by atoms with Crippen LogP contribution in [0.15, 0.2) is 42.5 Å². The summed E-state index contributed by atoms with van der Waals surface area (Å²) in [5.41, 5.74) is 2.05. The van der Waals surface area contributed by atoms with Crippen molar-refractivity contribution in [3.8, 4) is 17.2 Å². The number of methoxy groups -OCH3 is 3. The highest BCUT2D eigenvalue weighted by molar-refractivity contribution is 5.73. The van der Waals surface area contributed by atoms with Crippen LogP contribution >= 0.6 is 0 Å². The molecule has 1 saturated heterocycles. The number of amides is 2. The van der Waals surface area contributed by atoms with Gasteiger partial charge in [-0.15, -0.1) is 0 Å². The van der Waals surface area contributed by atoms with Crippen molar-refractivity contribution in [3.63, 3.8) is 0 Å². The molecule has 0 aromatic heterocycles. The lowest BCUT2D eigenvalue weighted by Crippen LogP contribution is -2.45. The van der Waals surface area contributed by atoms with E-state index >= 15 is 0 Å². The van der Waals surface area contributed by atoms with Gasteiger partial charge in [-0.2, -0.15) is 0 Å². The molecule has 3 rings (SSSR count). The third-order valence-electron chi connectivity index (χ3n) is 5.34. The number of urea groups is 1. The molecule has 8 heteroatoms. The number of nitrogens with one attached hydrogen (secondary N) is 2. The molecule has 8 nitrogen and oxygen atoms in total. The molecule has 0 saturated carbocycles. The minimum atomic E-state index is -0.221. The summed E-state index contributed by atoms with van der Waals surface area (Å²) in [6, 6.07) is 13.4. The minimum absolute atomic E-state index is 0.0571. The molecule has 0 radical (unpaired) electrons. The molecule has 168 valence electrons. The van der Waals surface area contributed by atoms with Crippen molar-refractivity contribution in [2.24, 2.45) is 0 Å². The molecule has 2 aromatic carbocycles. The van der Waals surface area contributed by atoms with Crippen LogP contribution in [0.1, 0.15) is 17.2 Å². The summed E-state index contributed by atoms with van der Waals surface area (Å²) in [7, 11) is 4.84. The first-order chi connectivity index (χ1) is 15.1.